The third-order valence-corrected chi connectivity index (χ3v) is 5.17. The molecule has 2 N–H and O–H groups in total. The number of halogens is 1. The summed E-state index contributed by atoms with van der Waals surface area (Å²) in [4.78, 5) is 16.3. The van der Waals surface area contributed by atoms with Crippen LogP contribution in [0.15, 0.2) is 30.9 Å². The van der Waals surface area contributed by atoms with Crippen molar-refractivity contribution in [1.82, 2.24) is 24.3 Å². The summed E-state index contributed by atoms with van der Waals surface area (Å²) in [5.41, 5.74) is 3.59. The van der Waals surface area contributed by atoms with E-state index in [0.717, 1.165) is 33.8 Å². The topological polar surface area (TPSA) is 70.9 Å². The van der Waals surface area contributed by atoms with Crippen molar-refractivity contribution < 1.29 is 4.39 Å². The highest BCUT2D eigenvalue weighted by atomic mass is 19.1. The number of aromatic amines is 1. The van der Waals surface area contributed by atoms with Crippen LogP contribution in [0.3, 0.4) is 0 Å². The van der Waals surface area contributed by atoms with Crippen molar-refractivity contribution in [3.63, 3.8) is 0 Å². The summed E-state index contributed by atoms with van der Waals surface area (Å²) in [6.45, 7) is 4.07. The van der Waals surface area contributed by atoms with Gasteiger partial charge in [-0.3, -0.25) is 0 Å². The van der Waals surface area contributed by atoms with Gasteiger partial charge in [-0.25, -0.2) is 14.4 Å². The Bertz CT molecular complexity index is 1120. The maximum Gasteiger partial charge on any atom is 0.224 e. The highest BCUT2D eigenvalue weighted by Crippen LogP contribution is 2.34. The summed E-state index contributed by atoms with van der Waals surface area (Å²) >= 11 is 0. The third-order valence-electron chi connectivity index (χ3n) is 5.17. The first-order valence-corrected chi connectivity index (χ1v) is 8.84. The molecule has 1 aliphatic carbocycles. The second kappa shape index (κ2) is 5.52. The summed E-state index contributed by atoms with van der Waals surface area (Å²) in [7, 11) is 0. The second-order valence-corrected chi connectivity index (χ2v) is 7.10. The number of hydrogen-bond acceptors (Lipinski definition) is 4. The van der Waals surface area contributed by atoms with Crippen LogP contribution >= 0.6 is 0 Å². The molecule has 0 aliphatic heterocycles. The molecule has 0 bridgehead atoms. The molecule has 5 rings (SSSR count). The molecule has 1 atom stereocenters. The normalized spacial score (nSPS) is 15.7. The third kappa shape index (κ3) is 2.42. The molecule has 132 valence electrons. The Labute approximate surface area is 149 Å². The van der Waals surface area contributed by atoms with E-state index in [1.165, 1.54) is 18.9 Å². The first-order valence-electron chi connectivity index (χ1n) is 8.84. The Morgan fingerprint density at radius 2 is 2.15 bits per heavy atom. The molecule has 4 heterocycles. The number of anilines is 1. The monoisotopic (exact) mass is 350 g/mol. The molecule has 6 nitrogen and oxygen atoms in total. The van der Waals surface area contributed by atoms with Crippen LogP contribution in [0.5, 0.6) is 0 Å². The van der Waals surface area contributed by atoms with Crippen molar-refractivity contribution in [2.45, 2.75) is 32.7 Å². The lowest BCUT2D eigenvalue weighted by atomic mass is 10.1. The van der Waals surface area contributed by atoms with Crippen molar-refractivity contribution in [2.24, 2.45) is 5.92 Å². The Kier molecular flexibility index (Phi) is 3.25. The Hall–Kier alpha value is -2.96. The molecule has 4 aromatic heterocycles. The number of nitrogens with zero attached hydrogens (tertiary/aromatic N) is 4. The average molecular weight is 350 g/mol. The Morgan fingerprint density at radius 3 is 2.96 bits per heavy atom. The van der Waals surface area contributed by atoms with Crippen LogP contribution in [0.1, 0.15) is 25.5 Å². The van der Waals surface area contributed by atoms with E-state index < -0.39 is 0 Å². The van der Waals surface area contributed by atoms with Crippen LogP contribution in [0, 0.1) is 18.7 Å². The first kappa shape index (κ1) is 15.3. The minimum absolute atomic E-state index is 0.336. The van der Waals surface area contributed by atoms with Gasteiger partial charge in [-0.1, -0.05) is 0 Å². The smallest absolute Gasteiger partial charge is 0.224 e. The van der Waals surface area contributed by atoms with Gasteiger partial charge in [-0.2, -0.15) is 4.98 Å². The lowest BCUT2D eigenvalue weighted by molar-refractivity contribution is 0.630. The van der Waals surface area contributed by atoms with Gasteiger partial charge in [0.2, 0.25) is 5.95 Å². The highest BCUT2D eigenvalue weighted by molar-refractivity contribution is 5.93. The molecule has 1 fully saturated rings. The predicted molar refractivity (Wildman–Crippen MR) is 98.6 cm³/mol. The highest BCUT2D eigenvalue weighted by Gasteiger charge is 2.28. The number of nitrogens with one attached hydrogen (secondary N) is 2. The van der Waals surface area contributed by atoms with Crippen molar-refractivity contribution in [3.8, 4) is 11.1 Å². The summed E-state index contributed by atoms with van der Waals surface area (Å²) in [5, 5.41) is 4.23. The van der Waals surface area contributed by atoms with Gasteiger partial charge in [-0.15, -0.1) is 0 Å². The SMILES string of the molecule is Cc1cnc2c(F)cc(-c3c[nH]c4nc(N[C@H](C)C5CC5)ncc34)cn12. The van der Waals surface area contributed by atoms with Gasteiger partial charge in [0.05, 0.1) is 0 Å². The van der Waals surface area contributed by atoms with E-state index >= 15 is 0 Å². The lowest BCUT2D eigenvalue weighted by Crippen LogP contribution is -2.18. The molecule has 1 saturated carbocycles. The van der Waals surface area contributed by atoms with Gasteiger partial charge in [0.1, 0.15) is 5.65 Å². The predicted octanol–water partition coefficient (Wildman–Crippen LogP) is 3.93. The van der Waals surface area contributed by atoms with Crippen LogP contribution in [0.2, 0.25) is 0 Å². The standard InChI is InChI=1S/C19H19FN6/c1-10-6-22-18-16(20)5-13(9-26(10)18)14-7-21-17-15(14)8-23-19(25-17)24-11(2)12-3-4-12/h5-9,11-12H,3-4H2,1-2H3,(H2,21,23,24,25)/t11-/m1/s1. The number of fused-ring (bicyclic) bond motifs is 2. The van der Waals surface area contributed by atoms with Crippen LogP contribution < -0.4 is 5.32 Å². The Morgan fingerprint density at radius 1 is 1.31 bits per heavy atom. The number of hydrogen-bond donors (Lipinski definition) is 2. The average Bonchev–Trinajstić information content (AvgIpc) is 3.30. The molecule has 0 unspecified atom stereocenters. The van der Waals surface area contributed by atoms with Gasteiger partial charge in [-0.05, 0) is 38.7 Å². The first-order chi connectivity index (χ1) is 12.6. The number of H-pyrrole nitrogens is 1. The maximum atomic E-state index is 14.4. The van der Waals surface area contributed by atoms with Crippen molar-refractivity contribution in [1.29, 1.82) is 0 Å². The molecular formula is C19H19FN6. The summed E-state index contributed by atoms with van der Waals surface area (Å²) < 4.78 is 16.2. The van der Waals surface area contributed by atoms with Crippen LogP contribution in [-0.2, 0) is 0 Å². The number of aryl methyl sites for hydroxylation is 1. The van der Waals surface area contributed by atoms with E-state index in [-0.39, 0.29) is 5.82 Å². The zero-order valence-corrected chi connectivity index (χ0v) is 14.6. The Balaban J connectivity index is 1.56. The van der Waals surface area contributed by atoms with E-state index in [1.807, 2.05) is 19.3 Å². The lowest BCUT2D eigenvalue weighted by Gasteiger charge is -2.12. The fourth-order valence-corrected chi connectivity index (χ4v) is 3.44. The molecule has 0 saturated heterocycles. The minimum Gasteiger partial charge on any atom is -0.351 e. The maximum absolute atomic E-state index is 14.4. The summed E-state index contributed by atoms with van der Waals surface area (Å²) in [6.07, 6.45) is 9.74. The van der Waals surface area contributed by atoms with E-state index in [1.54, 1.807) is 16.8 Å². The molecular weight excluding hydrogens is 331 g/mol. The molecule has 0 spiro atoms. The fraction of sp³-hybridized carbons (Fsp3) is 0.316. The number of imidazole rings is 1. The molecule has 26 heavy (non-hydrogen) atoms. The van der Waals surface area contributed by atoms with Gasteiger partial charge >= 0.3 is 0 Å². The van der Waals surface area contributed by atoms with Gasteiger partial charge in [0.25, 0.3) is 0 Å². The fourth-order valence-electron chi connectivity index (χ4n) is 3.44. The molecule has 1 aliphatic rings. The van der Waals surface area contributed by atoms with Crippen molar-refractivity contribution >= 4 is 22.6 Å². The van der Waals surface area contributed by atoms with E-state index in [4.69, 9.17) is 0 Å². The second-order valence-electron chi connectivity index (χ2n) is 7.10. The van der Waals surface area contributed by atoms with Crippen LogP contribution in [0.25, 0.3) is 27.8 Å². The summed E-state index contributed by atoms with van der Waals surface area (Å²) in [6, 6.07) is 1.88. The van der Waals surface area contributed by atoms with E-state index in [0.29, 0.717) is 17.6 Å². The minimum atomic E-state index is -0.345. The largest absolute Gasteiger partial charge is 0.351 e. The van der Waals surface area contributed by atoms with Crippen LogP contribution in [0.4, 0.5) is 10.3 Å². The molecule has 0 radical (unpaired) electrons. The van der Waals surface area contributed by atoms with Gasteiger partial charge < -0.3 is 14.7 Å². The summed E-state index contributed by atoms with van der Waals surface area (Å²) in [5.74, 6) is 1.00. The van der Waals surface area contributed by atoms with E-state index in [9.17, 15) is 4.39 Å². The van der Waals surface area contributed by atoms with Gasteiger partial charge in [0, 0.05) is 53.0 Å². The molecule has 0 aromatic carbocycles. The molecule has 7 heteroatoms. The molecule has 0 amide bonds. The van der Waals surface area contributed by atoms with Gasteiger partial charge in [0.15, 0.2) is 11.5 Å². The van der Waals surface area contributed by atoms with Crippen LogP contribution in [-0.4, -0.2) is 30.4 Å². The zero-order chi connectivity index (χ0) is 17.8. The van der Waals surface area contributed by atoms with E-state index in [2.05, 4.69) is 32.2 Å². The number of aromatic nitrogens is 5. The number of pyridine rings is 1. The van der Waals surface area contributed by atoms with Crippen molar-refractivity contribution in [2.75, 3.05) is 5.32 Å². The zero-order valence-electron chi connectivity index (χ0n) is 14.6. The molecule has 4 aromatic rings. The quantitative estimate of drug-likeness (QED) is 0.585. The number of rotatable bonds is 4. The van der Waals surface area contributed by atoms with Crippen molar-refractivity contribution in [3.05, 3.63) is 42.4 Å².